The molecule has 0 heterocycles. The number of rotatable bonds is 5. The topological polar surface area (TPSA) is 67.4 Å². The normalized spacial score (nSPS) is 9.89. The van der Waals surface area contributed by atoms with Crippen LogP contribution in [0.4, 0.5) is 5.69 Å². The molecule has 0 aliphatic rings. The highest BCUT2D eigenvalue weighted by Gasteiger charge is 2.13. The summed E-state index contributed by atoms with van der Waals surface area (Å²) in [5.41, 5.74) is 1.56. The maximum Gasteiger partial charge on any atom is 0.313 e. The molecule has 0 aliphatic heterocycles. The zero-order valence-electron chi connectivity index (χ0n) is 10.7. The van der Waals surface area contributed by atoms with Gasteiger partial charge in [0, 0.05) is 25.9 Å². The van der Waals surface area contributed by atoms with Gasteiger partial charge in [0.1, 0.15) is 0 Å². The van der Waals surface area contributed by atoms with Crippen molar-refractivity contribution >= 4 is 17.5 Å². The van der Waals surface area contributed by atoms with Gasteiger partial charge in [0.05, 0.1) is 0 Å². The van der Waals surface area contributed by atoms with Gasteiger partial charge in [0.25, 0.3) is 0 Å². The van der Waals surface area contributed by atoms with Crippen molar-refractivity contribution in [1.82, 2.24) is 5.32 Å². The van der Waals surface area contributed by atoms with E-state index in [0.717, 1.165) is 5.56 Å². The van der Waals surface area contributed by atoms with Crippen molar-refractivity contribution in [3.8, 4) is 0 Å². The molecule has 1 aromatic carbocycles. The Morgan fingerprint density at radius 1 is 1.22 bits per heavy atom. The number of methoxy groups -OCH3 is 1. The number of hydrogen-bond donors (Lipinski definition) is 2. The molecule has 0 bridgehead atoms. The van der Waals surface area contributed by atoms with Crippen LogP contribution in [0.2, 0.25) is 0 Å². The second-order valence-electron chi connectivity index (χ2n) is 3.87. The van der Waals surface area contributed by atoms with E-state index in [0.29, 0.717) is 25.3 Å². The first kappa shape index (κ1) is 14.2. The summed E-state index contributed by atoms with van der Waals surface area (Å²) >= 11 is 0. The largest absolute Gasteiger partial charge is 0.385 e. The smallest absolute Gasteiger partial charge is 0.313 e. The molecule has 0 aromatic heterocycles. The van der Waals surface area contributed by atoms with E-state index in [4.69, 9.17) is 4.74 Å². The zero-order valence-corrected chi connectivity index (χ0v) is 10.7. The predicted octanol–water partition coefficient (Wildman–Crippen LogP) is 1.09. The van der Waals surface area contributed by atoms with Crippen LogP contribution >= 0.6 is 0 Å². The lowest BCUT2D eigenvalue weighted by Crippen LogP contribution is -2.36. The molecular weight excluding hydrogens is 232 g/mol. The molecular formula is C13H18N2O3. The second-order valence-corrected chi connectivity index (χ2v) is 3.87. The molecule has 1 rings (SSSR count). The lowest BCUT2D eigenvalue weighted by atomic mass is 10.2. The molecule has 0 radical (unpaired) electrons. The standard InChI is InChI=1S/C13H18N2O3/c1-10-6-3-4-7-11(10)15-13(17)12(16)14-8-5-9-18-2/h3-4,6-7H,5,8-9H2,1-2H3,(H,14,16)(H,15,17). The zero-order chi connectivity index (χ0) is 13.4. The molecule has 0 unspecified atom stereocenters. The van der Waals surface area contributed by atoms with Crippen LogP contribution in [-0.4, -0.2) is 32.1 Å². The number of anilines is 1. The Bertz CT molecular complexity index is 418. The maximum absolute atomic E-state index is 11.6. The molecule has 5 heteroatoms. The lowest BCUT2D eigenvalue weighted by molar-refractivity contribution is -0.136. The van der Waals surface area contributed by atoms with Gasteiger partial charge in [-0.3, -0.25) is 9.59 Å². The van der Waals surface area contributed by atoms with E-state index < -0.39 is 11.8 Å². The summed E-state index contributed by atoms with van der Waals surface area (Å²) in [7, 11) is 1.59. The van der Waals surface area contributed by atoms with Gasteiger partial charge in [0.15, 0.2) is 0 Å². The van der Waals surface area contributed by atoms with Crippen LogP contribution in [0.1, 0.15) is 12.0 Å². The Balaban J connectivity index is 2.41. The first-order chi connectivity index (χ1) is 8.65. The molecule has 2 amide bonds. The van der Waals surface area contributed by atoms with E-state index in [1.807, 2.05) is 19.1 Å². The molecule has 0 saturated heterocycles. The van der Waals surface area contributed by atoms with Gasteiger partial charge in [0.2, 0.25) is 0 Å². The number of amides is 2. The number of nitrogens with one attached hydrogen (secondary N) is 2. The minimum Gasteiger partial charge on any atom is -0.385 e. The van der Waals surface area contributed by atoms with Gasteiger partial charge in [-0.05, 0) is 25.0 Å². The van der Waals surface area contributed by atoms with E-state index in [1.165, 1.54) is 0 Å². The number of ether oxygens (including phenoxy) is 1. The van der Waals surface area contributed by atoms with E-state index in [1.54, 1.807) is 19.2 Å². The first-order valence-electron chi connectivity index (χ1n) is 5.79. The Kier molecular flexibility index (Phi) is 5.87. The Morgan fingerprint density at radius 3 is 2.61 bits per heavy atom. The SMILES string of the molecule is COCCCNC(=O)C(=O)Nc1ccccc1C. The van der Waals surface area contributed by atoms with Crippen molar-refractivity contribution in [1.29, 1.82) is 0 Å². The van der Waals surface area contributed by atoms with Gasteiger partial charge < -0.3 is 15.4 Å². The summed E-state index contributed by atoms with van der Waals surface area (Å²) in [6, 6.07) is 7.30. The number of para-hydroxylation sites is 1. The second kappa shape index (κ2) is 7.45. The number of aryl methyl sites for hydroxylation is 1. The molecule has 0 spiro atoms. The lowest BCUT2D eigenvalue weighted by Gasteiger charge is -2.08. The quantitative estimate of drug-likeness (QED) is 0.607. The van der Waals surface area contributed by atoms with Gasteiger partial charge in [-0.15, -0.1) is 0 Å². The molecule has 98 valence electrons. The van der Waals surface area contributed by atoms with Crippen LogP contribution in [0.25, 0.3) is 0 Å². The average Bonchev–Trinajstić information content (AvgIpc) is 2.37. The fourth-order valence-electron chi connectivity index (χ4n) is 1.39. The van der Waals surface area contributed by atoms with Crippen molar-refractivity contribution in [3.63, 3.8) is 0 Å². The fraction of sp³-hybridized carbons (Fsp3) is 0.385. The van der Waals surface area contributed by atoms with Gasteiger partial charge >= 0.3 is 11.8 Å². The van der Waals surface area contributed by atoms with Crippen LogP contribution < -0.4 is 10.6 Å². The minimum absolute atomic E-state index is 0.424. The Hall–Kier alpha value is -1.88. The summed E-state index contributed by atoms with van der Waals surface area (Å²) in [6.07, 6.45) is 0.680. The monoisotopic (exact) mass is 250 g/mol. The highest BCUT2D eigenvalue weighted by atomic mass is 16.5. The molecule has 2 N–H and O–H groups in total. The summed E-state index contributed by atoms with van der Waals surface area (Å²) in [6.45, 7) is 2.85. The van der Waals surface area contributed by atoms with E-state index in [9.17, 15) is 9.59 Å². The Labute approximate surface area is 107 Å². The number of carbonyl (C=O) groups excluding carboxylic acids is 2. The molecule has 0 atom stereocenters. The van der Waals surface area contributed by atoms with E-state index in [-0.39, 0.29) is 0 Å². The van der Waals surface area contributed by atoms with Crippen molar-refractivity contribution in [2.75, 3.05) is 25.6 Å². The minimum atomic E-state index is -0.651. The fourth-order valence-corrected chi connectivity index (χ4v) is 1.39. The van der Waals surface area contributed by atoms with Crippen molar-refractivity contribution in [2.45, 2.75) is 13.3 Å². The number of benzene rings is 1. The van der Waals surface area contributed by atoms with Crippen LogP contribution in [0, 0.1) is 6.92 Å². The third-order valence-corrected chi connectivity index (χ3v) is 2.41. The molecule has 0 aliphatic carbocycles. The number of carbonyl (C=O) groups is 2. The van der Waals surface area contributed by atoms with E-state index >= 15 is 0 Å². The van der Waals surface area contributed by atoms with Crippen LogP contribution in [0.3, 0.4) is 0 Å². The third kappa shape index (κ3) is 4.55. The predicted molar refractivity (Wildman–Crippen MR) is 69.3 cm³/mol. The summed E-state index contributed by atoms with van der Waals surface area (Å²) in [5, 5.41) is 5.09. The van der Waals surface area contributed by atoms with Gasteiger partial charge in [-0.2, -0.15) is 0 Å². The molecule has 5 nitrogen and oxygen atoms in total. The highest BCUT2D eigenvalue weighted by Crippen LogP contribution is 2.12. The molecule has 1 aromatic rings. The highest BCUT2D eigenvalue weighted by molar-refractivity contribution is 6.39. The van der Waals surface area contributed by atoms with Crippen molar-refractivity contribution < 1.29 is 14.3 Å². The van der Waals surface area contributed by atoms with Crippen molar-refractivity contribution in [2.24, 2.45) is 0 Å². The third-order valence-electron chi connectivity index (χ3n) is 2.41. The first-order valence-corrected chi connectivity index (χ1v) is 5.79. The van der Waals surface area contributed by atoms with E-state index in [2.05, 4.69) is 10.6 Å². The van der Waals surface area contributed by atoms with Gasteiger partial charge in [-0.25, -0.2) is 0 Å². The summed E-state index contributed by atoms with van der Waals surface area (Å²) < 4.78 is 4.84. The van der Waals surface area contributed by atoms with Gasteiger partial charge in [-0.1, -0.05) is 18.2 Å². The Morgan fingerprint density at radius 2 is 1.94 bits per heavy atom. The molecule has 18 heavy (non-hydrogen) atoms. The van der Waals surface area contributed by atoms with Crippen LogP contribution in [0.5, 0.6) is 0 Å². The van der Waals surface area contributed by atoms with Crippen LogP contribution in [-0.2, 0) is 14.3 Å². The van der Waals surface area contributed by atoms with Crippen molar-refractivity contribution in [3.05, 3.63) is 29.8 Å². The average molecular weight is 250 g/mol. The molecule has 0 saturated carbocycles. The molecule has 0 fully saturated rings. The number of hydrogen-bond acceptors (Lipinski definition) is 3. The summed E-state index contributed by atoms with van der Waals surface area (Å²) in [4.78, 5) is 23.0. The summed E-state index contributed by atoms with van der Waals surface area (Å²) in [5.74, 6) is -1.28. The maximum atomic E-state index is 11.6. The van der Waals surface area contributed by atoms with Crippen LogP contribution in [0.15, 0.2) is 24.3 Å².